The van der Waals surface area contributed by atoms with Gasteiger partial charge in [0.2, 0.25) is 0 Å². The Labute approximate surface area is 151 Å². The van der Waals surface area contributed by atoms with E-state index in [0.717, 1.165) is 39.5 Å². The van der Waals surface area contributed by atoms with Crippen molar-refractivity contribution in [3.63, 3.8) is 0 Å². The molecule has 3 fully saturated rings. The van der Waals surface area contributed by atoms with Gasteiger partial charge in [-0.2, -0.15) is 0 Å². The van der Waals surface area contributed by atoms with Gasteiger partial charge in [-0.05, 0) is 18.4 Å². The van der Waals surface area contributed by atoms with Crippen LogP contribution >= 0.6 is 0 Å². The molecule has 0 bridgehead atoms. The van der Waals surface area contributed by atoms with Crippen molar-refractivity contribution in [2.45, 2.75) is 44.9 Å². The fourth-order valence-electron chi connectivity index (χ4n) is 5.20. The summed E-state index contributed by atoms with van der Waals surface area (Å²) in [6.45, 7) is 10.4. The Balaban J connectivity index is 1.45. The van der Waals surface area contributed by atoms with E-state index in [-0.39, 0.29) is 5.41 Å². The molecule has 4 unspecified atom stereocenters. The summed E-state index contributed by atoms with van der Waals surface area (Å²) in [6, 6.07) is 11.9. The molecule has 2 heterocycles. The van der Waals surface area contributed by atoms with E-state index in [0.29, 0.717) is 24.1 Å². The predicted molar refractivity (Wildman–Crippen MR) is 99.6 cm³/mol. The topological polar surface area (TPSA) is 33.7 Å². The van der Waals surface area contributed by atoms with Crippen LogP contribution in [0.4, 0.5) is 0 Å². The summed E-state index contributed by atoms with van der Waals surface area (Å²) >= 11 is 0. The molecule has 1 N–H and O–H groups in total. The van der Waals surface area contributed by atoms with Crippen LogP contribution in [0.3, 0.4) is 0 Å². The molecule has 3 aliphatic rings. The quantitative estimate of drug-likeness (QED) is 0.891. The summed E-state index contributed by atoms with van der Waals surface area (Å²) in [7, 11) is 0. The van der Waals surface area contributed by atoms with Crippen LogP contribution in [0.25, 0.3) is 0 Å². The number of rotatable bonds is 5. The minimum atomic E-state index is 0.233. The largest absolute Gasteiger partial charge is 0.379 e. The van der Waals surface area contributed by atoms with Gasteiger partial charge in [-0.3, -0.25) is 4.90 Å². The summed E-state index contributed by atoms with van der Waals surface area (Å²) < 4.78 is 11.6. The molecule has 0 spiro atoms. The first kappa shape index (κ1) is 17.5. The molecule has 0 amide bonds. The van der Waals surface area contributed by atoms with Crippen molar-refractivity contribution < 1.29 is 9.47 Å². The SMILES string of the molecule is CC1(C)C(NCC(c2ccccc2)N2CCOCC2)C2CCCOC21. The Kier molecular flexibility index (Phi) is 5.14. The third-order valence-corrected chi connectivity index (χ3v) is 6.53. The Morgan fingerprint density at radius 3 is 2.68 bits per heavy atom. The summed E-state index contributed by atoms with van der Waals surface area (Å²) in [5, 5.41) is 3.94. The van der Waals surface area contributed by atoms with Crippen LogP contribution in [0.15, 0.2) is 30.3 Å². The van der Waals surface area contributed by atoms with E-state index in [9.17, 15) is 0 Å². The highest BCUT2D eigenvalue weighted by atomic mass is 16.5. The van der Waals surface area contributed by atoms with Gasteiger partial charge in [0.05, 0.1) is 19.3 Å². The lowest BCUT2D eigenvalue weighted by atomic mass is 9.55. The van der Waals surface area contributed by atoms with Gasteiger partial charge in [-0.25, -0.2) is 0 Å². The zero-order valence-electron chi connectivity index (χ0n) is 15.6. The van der Waals surface area contributed by atoms with E-state index >= 15 is 0 Å². The number of benzene rings is 1. The smallest absolute Gasteiger partial charge is 0.0684 e. The lowest BCUT2D eigenvalue weighted by Gasteiger charge is -2.60. The summed E-state index contributed by atoms with van der Waals surface area (Å²) in [6.07, 6.45) is 2.96. The van der Waals surface area contributed by atoms with Crippen LogP contribution in [-0.2, 0) is 9.47 Å². The molecule has 25 heavy (non-hydrogen) atoms. The van der Waals surface area contributed by atoms with Crippen LogP contribution in [0.2, 0.25) is 0 Å². The molecule has 4 nitrogen and oxygen atoms in total. The van der Waals surface area contributed by atoms with Crippen LogP contribution in [0, 0.1) is 11.3 Å². The Morgan fingerprint density at radius 2 is 1.92 bits per heavy atom. The number of hydrogen-bond acceptors (Lipinski definition) is 4. The molecule has 0 radical (unpaired) electrons. The van der Waals surface area contributed by atoms with Crippen LogP contribution in [-0.4, -0.2) is 56.5 Å². The van der Waals surface area contributed by atoms with Crippen LogP contribution in [0.1, 0.15) is 38.3 Å². The van der Waals surface area contributed by atoms with E-state index in [1.807, 2.05) is 0 Å². The lowest BCUT2D eigenvalue weighted by Crippen LogP contribution is -2.69. The fourth-order valence-corrected chi connectivity index (χ4v) is 5.20. The fraction of sp³-hybridized carbons (Fsp3) is 0.714. The first-order valence-electron chi connectivity index (χ1n) is 9.89. The molecule has 4 heteroatoms. The van der Waals surface area contributed by atoms with Gasteiger partial charge >= 0.3 is 0 Å². The molecule has 1 aliphatic carbocycles. The Morgan fingerprint density at radius 1 is 1.16 bits per heavy atom. The second kappa shape index (κ2) is 7.36. The molecule has 2 saturated heterocycles. The maximum Gasteiger partial charge on any atom is 0.0684 e. The molecular formula is C21H32N2O2. The molecule has 2 aliphatic heterocycles. The predicted octanol–water partition coefficient (Wildman–Crippen LogP) is 2.85. The summed E-state index contributed by atoms with van der Waals surface area (Å²) in [5.41, 5.74) is 1.64. The average molecular weight is 344 g/mol. The van der Waals surface area contributed by atoms with Gasteiger partial charge in [-0.1, -0.05) is 44.2 Å². The zero-order valence-corrected chi connectivity index (χ0v) is 15.6. The van der Waals surface area contributed by atoms with Gasteiger partial charge in [0.25, 0.3) is 0 Å². The second-order valence-electron chi connectivity index (χ2n) is 8.38. The van der Waals surface area contributed by atoms with Gasteiger partial charge in [0.1, 0.15) is 0 Å². The lowest BCUT2D eigenvalue weighted by molar-refractivity contribution is -0.193. The third kappa shape index (κ3) is 3.37. The number of ether oxygens (including phenoxy) is 2. The molecule has 1 saturated carbocycles. The number of hydrogen-bond donors (Lipinski definition) is 1. The summed E-state index contributed by atoms with van der Waals surface area (Å²) in [5.74, 6) is 0.685. The van der Waals surface area contributed by atoms with Gasteiger partial charge in [0, 0.05) is 49.7 Å². The maximum absolute atomic E-state index is 6.06. The molecule has 4 rings (SSSR count). The van der Waals surface area contributed by atoms with E-state index in [1.54, 1.807) is 0 Å². The molecular weight excluding hydrogens is 312 g/mol. The highest BCUT2D eigenvalue weighted by Crippen LogP contribution is 2.51. The summed E-state index contributed by atoms with van der Waals surface area (Å²) in [4.78, 5) is 2.58. The van der Waals surface area contributed by atoms with Gasteiger partial charge < -0.3 is 14.8 Å². The van der Waals surface area contributed by atoms with Crippen molar-refractivity contribution in [3.8, 4) is 0 Å². The standard InChI is InChI=1S/C21H32N2O2/c1-21(2)19(17-9-6-12-25-20(17)21)22-15-18(16-7-4-3-5-8-16)23-10-13-24-14-11-23/h3-5,7-8,17-20,22H,6,9-15H2,1-2H3. The highest BCUT2D eigenvalue weighted by molar-refractivity contribution is 5.20. The first-order valence-corrected chi connectivity index (χ1v) is 9.89. The average Bonchev–Trinajstić information content (AvgIpc) is 2.66. The number of morpholine rings is 1. The van der Waals surface area contributed by atoms with Gasteiger partial charge in [-0.15, -0.1) is 0 Å². The minimum Gasteiger partial charge on any atom is -0.379 e. The highest BCUT2D eigenvalue weighted by Gasteiger charge is 2.57. The Hall–Kier alpha value is -0.940. The number of nitrogens with zero attached hydrogens (tertiary/aromatic N) is 1. The molecule has 138 valence electrons. The van der Waals surface area contributed by atoms with E-state index in [2.05, 4.69) is 54.4 Å². The minimum absolute atomic E-state index is 0.233. The monoisotopic (exact) mass is 344 g/mol. The maximum atomic E-state index is 6.06. The van der Waals surface area contributed by atoms with Crippen molar-refractivity contribution >= 4 is 0 Å². The van der Waals surface area contributed by atoms with Crippen molar-refractivity contribution in [2.24, 2.45) is 11.3 Å². The number of nitrogens with one attached hydrogen (secondary N) is 1. The van der Waals surface area contributed by atoms with Crippen molar-refractivity contribution in [1.82, 2.24) is 10.2 Å². The van der Waals surface area contributed by atoms with Crippen molar-refractivity contribution in [2.75, 3.05) is 39.5 Å². The molecule has 1 aromatic carbocycles. The first-order chi connectivity index (χ1) is 12.2. The number of fused-ring (bicyclic) bond motifs is 1. The van der Waals surface area contributed by atoms with E-state index < -0.39 is 0 Å². The third-order valence-electron chi connectivity index (χ3n) is 6.53. The van der Waals surface area contributed by atoms with Crippen LogP contribution < -0.4 is 5.32 Å². The molecule has 0 aromatic heterocycles. The zero-order chi connectivity index (χ0) is 17.3. The molecule has 1 aromatic rings. The van der Waals surface area contributed by atoms with E-state index in [4.69, 9.17) is 9.47 Å². The molecule has 4 atom stereocenters. The Bertz CT molecular complexity index is 556. The van der Waals surface area contributed by atoms with Crippen molar-refractivity contribution in [1.29, 1.82) is 0 Å². The van der Waals surface area contributed by atoms with E-state index in [1.165, 1.54) is 18.4 Å². The normalized spacial score (nSPS) is 33.3. The van der Waals surface area contributed by atoms with Gasteiger partial charge in [0.15, 0.2) is 0 Å². The second-order valence-corrected chi connectivity index (χ2v) is 8.38. The van der Waals surface area contributed by atoms with Crippen LogP contribution in [0.5, 0.6) is 0 Å². The van der Waals surface area contributed by atoms with Crippen molar-refractivity contribution in [3.05, 3.63) is 35.9 Å².